The van der Waals surface area contributed by atoms with Crippen LogP contribution in [0.3, 0.4) is 0 Å². The predicted octanol–water partition coefficient (Wildman–Crippen LogP) is 3.67. The number of aryl methyl sites for hydroxylation is 3. The second-order valence-corrected chi connectivity index (χ2v) is 6.29. The maximum Gasteiger partial charge on any atom is 0.247 e. The summed E-state index contributed by atoms with van der Waals surface area (Å²) in [6, 6.07) is 11.9. The quantitative estimate of drug-likeness (QED) is 0.769. The minimum absolute atomic E-state index is 0.147. The van der Waals surface area contributed by atoms with E-state index in [0.29, 0.717) is 11.6 Å². The molecule has 0 saturated carbocycles. The van der Waals surface area contributed by atoms with Crippen LogP contribution in [0.2, 0.25) is 0 Å². The van der Waals surface area contributed by atoms with E-state index in [1.165, 1.54) is 21.9 Å². The molecule has 2 aromatic carbocycles. The molecule has 3 aromatic rings. The number of anilines is 2. The fraction of sp³-hybridized carbons (Fsp3) is 0.263. The van der Waals surface area contributed by atoms with E-state index >= 15 is 0 Å². The van der Waals surface area contributed by atoms with Crippen molar-refractivity contribution in [1.82, 2.24) is 5.16 Å². The molecule has 0 aliphatic heterocycles. The molecule has 1 aliphatic carbocycles. The van der Waals surface area contributed by atoms with Crippen molar-refractivity contribution in [3.63, 3.8) is 0 Å². The fourth-order valence-electron chi connectivity index (χ4n) is 3.33. The Bertz CT molecular complexity index is 919. The maximum atomic E-state index is 12.4. The normalized spacial score (nSPS) is 13.9. The van der Waals surface area contributed by atoms with Gasteiger partial charge in [-0.3, -0.25) is 4.79 Å². The van der Waals surface area contributed by atoms with Crippen molar-refractivity contribution in [2.75, 3.05) is 10.6 Å². The van der Waals surface area contributed by atoms with Gasteiger partial charge >= 0.3 is 0 Å². The van der Waals surface area contributed by atoms with E-state index in [2.05, 4.69) is 46.1 Å². The van der Waals surface area contributed by atoms with E-state index < -0.39 is 0 Å². The van der Waals surface area contributed by atoms with Gasteiger partial charge in [0, 0.05) is 17.1 Å². The molecule has 0 saturated heterocycles. The monoisotopic (exact) mass is 321 g/mol. The molecule has 1 amide bonds. The first kappa shape index (κ1) is 14.8. The van der Waals surface area contributed by atoms with Crippen LogP contribution in [0.4, 0.5) is 11.5 Å². The number of rotatable bonds is 4. The zero-order valence-corrected chi connectivity index (χ0v) is 13.7. The van der Waals surface area contributed by atoms with Crippen molar-refractivity contribution >= 4 is 28.2 Å². The van der Waals surface area contributed by atoms with E-state index in [4.69, 9.17) is 4.52 Å². The number of aromatic nitrogens is 1. The summed E-state index contributed by atoms with van der Waals surface area (Å²) in [4.78, 5) is 12.4. The van der Waals surface area contributed by atoms with Gasteiger partial charge in [-0.05, 0) is 49.3 Å². The molecule has 1 aliphatic rings. The van der Waals surface area contributed by atoms with Gasteiger partial charge in [-0.15, -0.1) is 0 Å². The number of amides is 1. The minimum atomic E-state index is -0.388. The first-order chi connectivity index (χ1) is 11.6. The number of nitrogens with one attached hydrogen (secondary N) is 2. The zero-order chi connectivity index (χ0) is 16.7. The zero-order valence-electron chi connectivity index (χ0n) is 13.7. The standard InChI is InChI=1S/C19H19N3O2/c1-11-10-17(22-24-11)21-19(23)12(2)20-16-9-8-14-7-6-13-4-3-5-15(16)18(13)14/h3-5,8-10,12,20H,6-7H2,1-2H3,(H,21,22,23)/t12-/m1/s1. The van der Waals surface area contributed by atoms with Crippen molar-refractivity contribution in [1.29, 1.82) is 0 Å². The van der Waals surface area contributed by atoms with Crippen LogP contribution in [-0.2, 0) is 17.6 Å². The summed E-state index contributed by atoms with van der Waals surface area (Å²) in [5.74, 6) is 0.955. The summed E-state index contributed by atoms with van der Waals surface area (Å²) in [6.45, 7) is 3.63. The van der Waals surface area contributed by atoms with Crippen LogP contribution >= 0.6 is 0 Å². The summed E-state index contributed by atoms with van der Waals surface area (Å²) in [5.41, 5.74) is 3.76. The minimum Gasteiger partial charge on any atom is -0.373 e. The Kier molecular flexibility index (Phi) is 3.49. The molecular formula is C19H19N3O2. The molecule has 0 bridgehead atoms. The van der Waals surface area contributed by atoms with Crippen molar-refractivity contribution in [3.8, 4) is 0 Å². The molecule has 0 fully saturated rings. The largest absolute Gasteiger partial charge is 0.373 e. The van der Waals surface area contributed by atoms with Gasteiger partial charge < -0.3 is 15.2 Å². The van der Waals surface area contributed by atoms with Gasteiger partial charge in [-0.25, -0.2) is 0 Å². The van der Waals surface area contributed by atoms with E-state index in [0.717, 1.165) is 18.5 Å². The average Bonchev–Trinajstić information content (AvgIpc) is 3.17. The molecule has 4 rings (SSSR count). The van der Waals surface area contributed by atoms with E-state index in [1.807, 2.05) is 6.92 Å². The van der Waals surface area contributed by atoms with Gasteiger partial charge in [0.1, 0.15) is 11.8 Å². The first-order valence-corrected chi connectivity index (χ1v) is 8.16. The second kappa shape index (κ2) is 5.67. The van der Waals surface area contributed by atoms with E-state index in [9.17, 15) is 4.79 Å². The van der Waals surface area contributed by atoms with Gasteiger partial charge in [0.25, 0.3) is 0 Å². The Balaban J connectivity index is 1.57. The summed E-state index contributed by atoms with van der Waals surface area (Å²) >= 11 is 0. The molecule has 1 atom stereocenters. The van der Waals surface area contributed by atoms with Crippen molar-refractivity contribution in [3.05, 3.63) is 53.3 Å². The Morgan fingerprint density at radius 3 is 2.75 bits per heavy atom. The molecule has 0 radical (unpaired) electrons. The van der Waals surface area contributed by atoms with Gasteiger partial charge in [0.05, 0.1) is 0 Å². The lowest BCUT2D eigenvalue weighted by atomic mass is 10.0. The first-order valence-electron chi connectivity index (χ1n) is 8.16. The molecule has 0 unspecified atom stereocenters. The summed E-state index contributed by atoms with van der Waals surface area (Å²) < 4.78 is 4.97. The number of benzene rings is 2. The van der Waals surface area contributed by atoms with Crippen LogP contribution in [0.25, 0.3) is 10.8 Å². The lowest BCUT2D eigenvalue weighted by Gasteiger charge is -2.16. The predicted molar refractivity (Wildman–Crippen MR) is 94.3 cm³/mol. The van der Waals surface area contributed by atoms with Gasteiger partial charge in [0.2, 0.25) is 5.91 Å². The smallest absolute Gasteiger partial charge is 0.247 e. The average molecular weight is 321 g/mol. The highest BCUT2D eigenvalue weighted by Crippen LogP contribution is 2.35. The Morgan fingerprint density at radius 1 is 1.21 bits per heavy atom. The molecule has 2 N–H and O–H groups in total. The number of carbonyl (C=O) groups excluding carboxylic acids is 1. The molecular weight excluding hydrogens is 302 g/mol. The number of hydrogen-bond donors (Lipinski definition) is 2. The highest BCUT2D eigenvalue weighted by atomic mass is 16.5. The molecule has 24 heavy (non-hydrogen) atoms. The van der Waals surface area contributed by atoms with Gasteiger partial charge in [-0.1, -0.05) is 29.4 Å². The maximum absolute atomic E-state index is 12.4. The third-order valence-electron chi connectivity index (χ3n) is 4.52. The van der Waals surface area contributed by atoms with Gasteiger partial charge in [-0.2, -0.15) is 0 Å². The molecule has 1 heterocycles. The molecule has 5 nitrogen and oxygen atoms in total. The van der Waals surface area contributed by atoms with Gasteiger partial charge in [0.15, 0.2) is 5.82 Å². The van der Waals surface area contributed by atoms with E-state index in [1.54, 1.807) is 13.0 Å². The second-order valence-electron chi connectivity index (χ2n) is 6.29. The third kappa shape index (κ3) is 2.52. The molecule has 5 heteroatoms. The number of carbonyl (C=O) groups is 1. The topological polar surface area (TPSA) is 67.2 Å². The van der Waals surface area contributed by atoms with Crippen LogP contribution in [0, 0.1) is 6.92 Å². The highest BCUT2D eigenvalue weighted by Gasteiger charge is 2.19. The van der Waals surface area contributed by atoms with Crippen molar-refractivity contribution < 1.29 is 9.32 Å². The van der Waals surface area contributed by atoms with Crippen LogP contribution in [0.15, 0.2) is 40.9 Å². The lowest BCUT2D eigenvalue weighted by molar-refractivity contribution is -0.116. The Labute approximate surface area is 140 Å². The SMILES string of the molecule is Cc1cc(NC(=O)[C@@H](C)Nc2ccc3c4c(cccc24)CC3)no1. The van der Waals surface area contributed by atoms with Crippen molar-refractivity contribution in [2.45, 2.75) is 32.7 Å². The summed E-state index contributed by atoms with van der Waals surface area (Å²) in [5, 5.41) is 12.4. The van der Waals surface area contributed by atoms with E-state index in [-0.39, 0.29) is 11.9 Å². The van der Waals surface area contributed by atoms with Crippen molar-refractivity contribution in [2.24, 2.45) is 0 Å². The number of nitrogens with zero attached hydrogens (tertiary/aromatic N) is 1. The van der Waals surface area contributed by atoms with Crippen LogP contribution in [0.5, 0.6) is 0 Å². The van der Waals surface area contributed by atoms with Crippen LogP contribution in [-0.4, -0.2) is 17.1 Å². The lowest BCUT2D eigenvalue weighted by Crippen LogP contribution is -2.32. The molecule has 1 aromatic heterocycles. The van der Waals surface area contributed by atoms with Crippen LogP contribution < -0.4 is 10.6 Å². The Hall–Kier alpha value is -2.82. The summed E-state index contributed by atoms with van der Waals surface area (Å²) in [7, 11) is 0. The fourth-order valence-corrected chi connectivity index (χ4v) is 3.33. The molecule has 0 spiro atoms. The number of hydrogen-bond acceptors (Lipinski definition) is 4. The Morgan fingerprint density at radius 2 is 2.00 bits per heavy atom. The van der Waals surface area contributed by atoms with Crippen LogP contribution in [0.1, 0.15) is 23.8 Å². The molecule has 122 valence electrons. The third-order valence-corrected chi connectivity index (χ3v) is 4.52. The summed E-state index contributed by atoms with van der Waals surface area (Å²) in [6.07, 6.45) is 2.19. The highest BCUT2D eigenvalue weighted by molar-refractivity contribution is 6.02.